The van der Waals surface area contributed by atoms with Crippen LogP contribution in [0.2, 0.25) is 0 Å². The molecule has 1 N–H and O–H groups in total. The van der Waals surface area contributed by atoms with E-state index in [4.69, 9.17) is 14.6 Å². The molecule has 0 heterocycles. The van der Waals surface area contributed by atoms with E-state index in [9.17, 15) is 18.0 Å². The van der Waals surface area contributed by atoms with Crippen LogP contribution in [0.5, 0.6) is 11.5 Å². The van der Waals surface area contributed by atoms with E-state index in [1.165, 1.54) is 37.4 Å². The molecule has 122 valence electrons. The van der Waals surface area contributed by atoms with Crippen LogP contribution in [0.3, 0.4) is 0 Å². The Morgan fingerprint density at radius 3 is 2.30 bits per heavy atom. The van der Waals surface area contributed by atoms with Crippen LogP contribution in [0, 0.1) is 0 Å². The molecule has 0 radical (unpaired) electrons. The van der Waals surface area contributed by atoms with Crippen molar-refractivity contribution in [1.29, 1.82) is 0 Å². The minimum absolute atomic E-state index is 0.00158. The van der Waals surface area contributed by atoms with Gasteiger partial charge in [-0.05, 0) is 23.8 Å². The van der Waals surface area contributed by atoms with Crippen molar-refractivity contribution < 1.29 is 32.5 Å². The SMILES string of the molecule is COc1ccc(-c2cccc(C(=O)O)c2OC)cc1C(F)(F)F. The molecule has 4 nitrogen and oxygen atoms in total. The summed E-state index contributed by atoms with van der Waals surface area (Å²) < 4.78 is 49.2. The van der Waals surface area contributed by atoms with E-state index in [0.29, 0.717) is 0 Å². The van der Waals surface area contributed by atoms with E-state index < -0.39 is 17.7 Å². The third-order valence-corrected chi connectivity index (χ3v) is 3.27. The number of methoxy groups -OCH3 is 2. The molecule has 0 aliphatic rings. The predicted molar refractivity (Wildman–Crippen MR) is 76.9 cm³/mol. The number of benzene rings is 2. The van der Waals surface area contributed by atoms with Gasteiger partial charge in [0.05, 0.1) is 19.8 Å². The van der Waals surface area contributed by atoms with Crippen LogP contribution < -0.4 is 9.47 Å². The summed E-state index contributed by atoms with van der Waals surface area (Å²) in [5.74, 6) is -1.54. The highest BCUT2D eigenvalue weighted by Crippen LogP contribution is 2.41. The highest BCUT2D eigenvalue weighted by Gasteiger charge is 2.34. The van der Waals surface area contributed by atoms with Gasteiger partial charge in [0.1, 0.15) is 17.1 Å². The minimum Gasteiger partial charge on any atom is -0.496 e. The number of ether oxygens (including phenoxy) is 2. The Balaban J connectivity index is 2.68. The van der Waals surface area contributed by atoms with Crippen molar-refractivity contribution in [2.45, 2.75) is 6.18 Å². The maximum absolute atomic E-state index is 13.1. The molecule has 0 fully saturated rings. The average molecular weight is 326 g/mol. The lowest BCUT2D eigenvalue weighted by Gasteiger charge is -2.15. The highest BCUT2D eigenvalue weighted by atomic mass is 19.4. The fourth-order valence-corrected chi connectivity index (χ4v) is 2.25. The molecule has 0 aliphatic heterocycles. The summed E-state index contributed by atoms with van der Waals surface area (Å²) in [7, 11) is 2.41. The summed E-state index contributed by atoms with van der Waals surface area (Å²) in [6.45, 7) is 0. The first-order valence-electron chi connectivity index (χ1n) is 6.45. The van der Waals surface area contributed by atoms with Crippen molar-refractivity contribution in [3.63, 3.8) is 0 Å². The van der Waals surface area contributed by atoms with E-state index in [1.807, 2.05) is 0 Å². The van der Waals surface area contributed by atoms with Gasteiger partial charge in [-0.2, -0.15) is 13.2 Å². The smallest absolute Gasteiger partial charge is 0.419 e. The largest absolute Gasteiger partial charge is 0.496 e. The Hall–Kier alpha value is -2.70. The molecule has 0 aromatic heterocycles. The molecule has 2 aromatic carbocycles. The van der Waals surface area contributed by atoms with Gasteiger partial charge in [0.2, 0.25) is 0 Å². The fourth-order valence-electron chi connectivity index (χ4n) is 2.25. The Morgan fingerprint density at radius 1 is 1.09 bits per heavy atom. The van der Waals surface area contributed by atoms with E-state index in [1.54, 1.807) is 0 Å². The van der Waals surface area contributed by atoms with Crippen LogP contribution in [0.1, 0.15) is 15.9 Å². The lowest BCUT2D eigenvalue weighted by atomic mass is 9.99. The molecule has 0 saturated carbocycles. The summed E-state index contributed by atoms with van der Waals surface area (Å²) in [5, 5.41) is 9.15. The first-order valence-corrected chi connectivity index (χ1v) is 6.45. The van der Waals surface area contributed by atoms with Gasteiger partial charge in [-0.25, -0.2) is 4.79 Å². The number of carboxylic acids is 1. The number of aromatic carboxylic acids is 1. The zero-order chi connectivity index (χ0) is 17.2. The third kappa shape index (κ3) is 3.23. The van der Waals surface area contributed by atoms with Crippen molar-refractivity contribution in [3.8, 4) is 22.6 Å². The second kappa shape index (κ2) is 6.20. The van der Waals surface area contributed by atoms with E-state index in [0.717, 1.165) is 13.2 Å². The zero-order valence-electron chi connectivity index (χ0n) is 12.3. The van der Waals surface area contributed by atoms with E-state index in [-0.39, 0.29) is 28.2 Å². The highest BCUT2D eigenvalue weighted by molar-refractivity contribution is 5.94. The number of hydrogen-bond donors (Lipinski definition) is 1. The second-order valence-corrected chi connectivity index (χ2v) is 4.60. The summed E-state index contributed by atoms with van der Waals surface area (Å²) in [6, 6.07) is 7.76. The first-order chi connectivity index (χ1) is 10.8. The summed E-state index contributed by atoms with van der Waals surface area (Å²) in [6.07, 6.45) is -4.60. The van der Waals surface area contributed by atoms with E-state index >= 15 is 0 Å². The number of halogens is 3. The molecule has 0 bridgehead atoms. The number of para-hydroxylation sites is 1. The van der Waals surface area contributed by atoms with Gasteiger partial charge in [0.25, 0.3) is 0 Å². The molecule has 2 aromatic rings. The number of rotatable bonds is 4. The lowest BCUT2D eigenvalue weighted by Crippen LogP contribution is -2.08. The van der Waals surface area contributed by atoms with Crippen molar-refractivity contribution in [3.05, 3.63) is 47.5 Å². The van der Waals surface area contributed by atoms with Crippen LogP contribution in [0.15, 0.2) is 36.4 Å². The quantitative estimate of drug-likeness (QED) is 0.919. The van der Waals surface area contributed by atoms with Gasteiger partial charge in [0, 0.05) is 5.56 Å². The number of carboxylic acid groups (broad SMARTS) is 1. The molecule has 0 atom stereocenters. The van der Waals surface area contributed by atoms with Crippen molar-refractivity contribution >= 4 is 5.97 Å². The monoisotopic (exact) mass is 326 g/mol. The first kappa shape index (κ1) is 16.7. The second-order valence-electron chi connectivity index (χ2n) is 4.60. The zero-order valence-corrected chi connectivity index (χ0v) is 12.3. The molecule has 0 aliphatic carbocycles. The van der Waals surface area contributed by atoms with Gasteiger partial charge in [-0.3, -0.25) is 0 Å². The Kier molecular flexibility index (Phi) is 4.49. The molecule has 7 heteroatoms. The standard InChI is InChI=1S/C16H13F3O4/c1-22-13-7-6-9(8-12(13)16(17,18)19)10-4-3-5-11(15(20)21)14(10)23-2/h3-8H,1-2H3,(H,20,21). The number of alkyl halides is 3. The van der Waals surface area contributed by atoms with Crippen LogP contribution in [-0.4, -0.2) is 25.3 Å². The number of carbonyl (C=O) groups is 1. The van der Waals surface area contributed by atoms with Gasteiger partial charge >= 0.3 is 12.1 Å². The molecular weight excluding hydrogens is 313 g/mol. The molecule has 0 unspecified atom stereocenters. The maximum atomic E-state index is 13.1. The van der Waals surface area contributed by atoms with Crippen molar-refractivity contribution in [2.75, 3.05) is 14.2 Å². The maximum Gasteiger partial charge on any atom is 0.419 e. The Morgan fingerprint density at radius 2 is 1.78 bits per heavy atom. The summed E-state index contributed by atoms with van der Waals surface area (Å²) in [4.78, 5) is 11.2. The topological polar surface area (TPSA) is 55.8 Å². The normalized spacial score (nSPS) is 11.2. The van der Waals surface area contributed by atoms with Crippen LogP contribution in [0.4, 0.5) is 13.2 Å². The van der Waals surface area contributed by atoms with Crippen LogP contribution >= 0.6 is 0 Å². The van der Waals surface area contributed by atoms with Crippen molar-refractivity contribution in [1.82, 2.24) is 0 Å². The number of hydrogen-bond acceptors (Lipinski definition) is 3. The van der Waals surface area contributed by atoms with Gasteiger partial charge in [0.15, 0.2) is 0 Å². The lowest BCUT2D eigenvalue weighted by molar-refractivity contribution is -0.138. The predicted octanol–water partition coefficient (Wildman–Crippen LogP) is 4.09. The summed E-state index contributed by atoms with van der Waals surface area (Å²) >= 11 is 0. The molecule has 2 rings (SSSR count). The van der Waals surface area contributed by atoms with Gasteiger partial charge < -0.3 is 14.6 Å². The molecular formula is C16H13F3O4. The summed E-state index contributed by atoms with van der Waals surface area (Å²) in [5.41, 5.74) is -0.645. The van der Waals surface area contributed by atoms with Crippen molar-refractivity contribution in [2.24, 2.45) is 0 Å². The average Bonchev–Trinajstić information content (AvgIpc) is 2.52. The Bertz CT molecular complexity index is 739. The van der Waals surface area contributed by atoms with Gasteiger partial charge in [-0.15, -0.1) is 0 Å². The van der Waals surface area contributed by atoms with Crippen LogP contribution in [-0.2, 0) is 6.18 Å². The minimum atomic E-state index is -4.60. The molecule has 0 amide bonds. The third-order valence-electron chi connectivity index (χ3n) is 3.27. The van der Waals surface area contributed by atoms with Gasteiger partial charge in [-0.1, -0.05) is 18.2 Å². The van der Waals surface area contributed by atoms with E-state index in [2.05, 4.69) is 0 Å². The molecule has 0 spiro atoms. The van der Waals surface area contributed by atoms with Crippen LogP contribution in [0.25, 0.3) is 11.1 Å². The molecule has 23 heavy (non-hydrogen) atoms. The fraction of sp³-hybridized carbons (Fsp3) is 0.188. The molecule has 0 saturated heterocycles. The Labute approximate surface area is 130 Å².